The molecule has 0 atom stereocenters. The number of fused-ring (bicyclic) bond motifs is 1. The van der Waals surface area contributed by atoms with Crippen LogP contribution in [0.25, 0.3) is 5.78 Å². The number of amides is 1. The first-order valence-corrected chi connectivity index (χ1v) is 4.21. The van der Waals surface area contributed by atoms with Gasteiger partial charge in [-0.05, 0) is 6.42 Å². The molecule has 0 saturated heterocycles. The van der Waals surface area contributed by atoms with Gasteiger partial charge < -0.3 is 5.73 Å². The first kappa shape index (κ1) is 8.61. The molecule has 6 nitrogen and oxygen atoms in total. The summed E-state index contributed by atoms with van der Waals surface area (Å²) in [5, 5.41) is 3.97. The first-order valence-electron chi connectivity index (χ1n) is 4.21. The van der Waals surface area contributed by atoms with Gasteiger partial charge in [-0.3, -0.25) is 4.79 Å². The standard InChI is InChI=1S/C8H9N5O/c1-2-6-5(7(9)14)3-10-8-11-4-12-13(6)8/h3-4H,2H2,1H3,(H2,9,14). The molecule has 0 aliphatic heterocycles. The van der Waals surface area contributed by atoms with E-state index in [1.165, 1.54) is 17.0 Å². The molecule has 2 N–H and O–H groups in total. The van der Waals surface area contributed by atoms with E-state index in [1.807, 2.05) is 6.92 Å². The Kier molecular flexibility index (Phi) is 1.88. The molecule has 0 aliphatic rings. The highest BCUT2D eigenvalue weighted by Crippen LogP contribution is 2.08. The number of aromatic nitrogens is 4. The molecular formula is C8H9N5O. The lowest BCUT2D eigenvalue weighted by molar-refractivity contribution is 0.0998. The second kappa shape index (κ2) is 3.06. The fourth-order valence-electron chi connectivity index (χ4n) is 1.37. The van der Waals surface area contributed by atoms with Gasteiger partial charge in [0.2, 0.25) is 0 Å². The van der Waals surface area contributed by atoms with E-state index in [0.717, 1.165) is 5.69 Å². The minimum atomic E-state index is -0.494. The number of rotatable bonds is 2. The smallest absolute Gasteiger partial charge is 0.252 e. The van der Waals surface area contributed by atoms with Crippen LogP contribution in [0.3, 0.4) is 0 Å². The van der Waals surface area contributed by atoms with E-state index >= 15 is 0 Å². The van der Waals surface area contributed by atoms with Crippen molar-refractivity contribution in [3.63, 3.8) is 0 Å². The van der Waals surface area contributed by atoms with Gasteiger partial charge in [-0.2, -0.15) is 10.1 Å². The summed E-state index contributed by atoms with van der Waals surface area (Å²) >= 11 is 0. The summed E-state index contributed by atoms with van der Waals surface area (Å²) in [6, 6.07) is 0. The zero-order chi connectivity index (χ0) is 10.1. The second-order valence-corrected chi connectivity index (χ2v) is 2.81. The molecule has 2 aromatic heterocycles. The van der Waals surface area contributed by atoms with E-state index in [4.69, 9.17) is 5.73 Å². The minimum absolute atomic E-state index is 0.394. The zero-order valence-electron chi connectivity index (χ0n) is 7.64. The lowest BCUT2D eigenvalue weighted by Crippen LogP contribution is -2.17. The number of nitrogens with two attached hydrogens (primary N) is 1. The molecule has 2 aromatic rings. The number of nitrogens with zero attached hydrogens (tertiary/aromatic N) is 4. The van der Waals surface area contributed by atoms with Crippen molar-refractivity contribution in [3.05, 3.63) is 23.8 Å². The maximum absolute atomic E-state index is 11.1. The summed E-state index contributed by atoms with van der Waals surface area (Å²) in [5.41, 5.74) is 6.34. The molecular weight excluding hydrogens is 182 g/mol. The Morgan fingerprint density at radius 3 is 3.00 bits per heavy atom. The Balaban J connectivity index is 2.78. The van der Waals surface area contributed by atoms with Crippen LogP contribution in [0.1, 0.15) is 23.0 Å². The third-order valence-electron chi connectivity index (χ3n) is 2.01. The molecule has 72 valence electrons. The van der Waals surface area contributed by atoms with Crippen LogP contribution in [-0.4, -0.2) is 25.5 Å². The first-order chi connectivity index (χ1) is 6.74. The van der Waals surface area contributed by atoms with Crippen LogP contribution in [0.2, 0.25) is 0 Å². The van der Waals surface area contributed by atoms with Gasteiger partial charge in [-0.1, -0.05) is 6.92 Å². The fourth-order valence-corrected chi connectivity index (χ4v) is 1.37. The molecule has 0 bridgehead atoms. The molecule has 0 fully saturated rings. The quantitative estimate of drug-likeness (QED) is 0.711. The maximum Gasteiger partial charge on any atom is 0.252 e. The predicted octanol–water partition coefficient (Wildman–Crippen LogP) is -0.214. The van der Waals surface area contributed by atoms with Crippen molar-refractivity contribution in [2.45, 2.75) is 13.3 Å². The van der Waals surface area contributed by atoms with Crippen LogP contribution < -0.4 is 5.73 Å². The van der Waals surface area contributed by atoms with E-state index in [-0.39, 0.29) is 0 Å². The number of hydrogen-bond donors (Lipinski definition) is 1. The Morgan fingerprint density at radius 2 is 2.36 bits per heavy atom. The van der Waals surface area contributed by atoms with Crippen LogP contribution >= 0.6 is 0 Å². The fraction of sp³-hybridized carbons (Fsp3) is 0.250. The van der Waals surface area contributed by atoms with E-state index in [9.17, 15) is 4.79 Å². The highest BCUT2D eigenvalue weighted by Gasteiger charge is 2.12. The van der Waals surface area contributed by atoms with Crippen LogP contribution in [0, 0.1) is 0 Å². The molecule has 0 aliphatic carbocycles. The van der Waals surface area contributed by atoms with Crippen molar-refractivity contribution in [2.24, 2.45) is 5.73 Å². The van der Waals surface area contributed by atoms with Gasteiger partial charge in [0.25, 0.3) is 11.7 Å². The lowest BCUT2D eigenvalue weighted by Gasteiger charge is -2.04. The summed E-state index contributed by atoms with van der Waals surface area (Å²) in [6.45, 7) is 1.92. The number of hydrogen-bond acceptors (Lipinski definition) is 4. The van der Waals surface area contributed by atoms with E-state index < -0.39 is 5.91 Å². The predicted molar refractivity (Wildman–Crippen MR) is 48.7 cm³/mol. The van der Waals surface area contributed by atoms with Gasteiger partial charge in [0.05, 0.1) is 11.3 Å². The Labute approximate surface area is 79.8 Å². The summed E-state index contributed by atoms with van der Waals surface area (Å²) in [4.78, 5) is 18.9. The van der Waals surface area contributed by atoms with Crippen molar-refractivity contribution in [1.82, 2.24) is 19.6 Å². The number of primary amides is 1. The Morgan fingerprint density at radius 1 is 1.57 bits per heavy atom. The Bertz CT molecular complexity index is 489. The van der Waals surface area contributed by atoms with Crippen molar-refractivity contribution in [3.8, 4) is 0 Å². The minimum Gasteiger partial charge on any atom is -0.365 e. The Hall–Kier alpha value is -1.98. The zero-order valence-corrected chi connectivity index (χ0v) is 7.64. The largest absolute Gasteiger partial charge is 0.365 e. The molecule has 0 unspecified atom stereocenters. The maximum atomic E-state index is 11.1. The normalized spacial score (nSPS) is 10.6. The highest BCUT2D eigenvalue weighted by atomic mass is 16.1. The van der Waals surface area contributed by atoms with Gasteiger partial charge >= 0.3 is 0 Å². The van der Waals surface area contributed by atoms with E-state index in [2.05, 4.69) is 15.1 Å². The van der Waals surface area contributed by atoms with Crippen molar-refractivity contribution < 1.29 is 4.79 Å². The molecule has 14 heavy (non-hydrogen) atoms. The van der Waals surface area contributed by atoms with Gasteiger partial charge in [0.1, 0.15) is 6.33 Å². The summed E-state index contributed by atoms with van der Waals surface area (Å²) in [5.74, 6) is -0.0152. The topological polar surface area (TPSA) is 86.2 Å². The van der Waals surface area contributed by atoms with Crippen molar-refractivity contribution in [1.29, 1.82) is 0 Å². The lowest BCUT2D eigenvalue weighted by atomic mass is 10.2. The molecule has 0 spiro atoms. The monoisotopic (exact) mass is 191 g/mol. The van der Waals surface area contributed by atoms with Gasteiger partial charge in [0.15, 0.2) is 0 Å². The number of carbonyl (C=O) groups excluding carboxylic acids is 1. The average molecular weight is 191 g/mol. The SMILES string of the molecule is CCc1c(C(N)=O)cnc2ncnn12. The van der Waals surface area contributed by atoms with Gasteiger partial charge in [-0.15, -0.1) is 0 Å². The molecule has 0 saturated carbocycles. The van der Waals surface area contributed by atoms with Crippen LogP contribution in [0.15, 0.2) is 12.5 Å². The summed E-state index contributed by atoms with van der Waals surface area (Å²) in [7, 11) is 0. The van der Waals surface area contributed by atoms with Crippen molar-refractivity contribution >= 4 is 11.7 Å². The van der Waals surface area contributed by atoms with E-state index in [1.54, 1.807) is 0 Å². The molecule has 0 radical (unpaired) electrons. The third-order valence-corrected chi connectivity index (χ3v) is 2.01. The summed E-state index contributed by atoms with van der Waals surface area (Å²) in [6.07, 6.45) is 3.48. The molecule has 6 heteroatoms. The molecule has 0 aromatic carbocycles. The molecule has 2 heterocycles. The van der Waals surface area contributed by atoms with Crippen LogP contribution in [0.4, 0.5) is 0 Å². The van der Waals surface area contributed by atoms with Gasteiger partial charge in [-0.25, -0.2) is 9.50 Å². The van der Waals surface area contributed by atoms with E-state index in [0.29, 0.717) is 17.8 Å². The molecule has 1 amide bonds. The van der Waals surface area contributed by atoms with Crippen LogP contribution in [0.5, 0.6) is 0 Å². The van der Waals surface area contributed by atoms with Gasteiger partial charge in [0, 0.05) is 6.20 Å². The van der Waals surface area contributed by atoms with Crippen molar-refractivity contribution in [2.75, 3.05) is 0 Å². The highest BCUT2D eigenvalue weighted by molar-refractivity contribution is 5.93. The number of carbonyl (C=O) groups is 1. The average Bonchev–Trinajstić information content (AvgIpc) is 2.63. The van der Waals surface area contributed by atoms with Crippen LogP contribution in [-0.2, 0) is 6.42 Å². The summed E-state index contributed by atoms with van der Waals surface area (Å²) < 4.78 is 1.53. The number of aryl methyl sites for hydroxylation is 1. The second-order valence-electron chi connectivity index (χ2n) is 2.81. The molecule has 2 rings (SSSR count). The third kappa shape index (κ3) is 1.12.